The van der Waals surface area contributed by atoms with Gasteiger partial charge in [0.25, 0.3) is 0 Å². The number of aryl methyl sites for hydroxylation is 1. The molecule has 0 aliphatic heterocycles. The third kappa shape index (κ3) is 6.30. The molecule has 30 heavy (non-hydrogen) atoms. The number of carbonyl (C=O) groups excluding carboxylic acids is 1. The Hall–Kier alpha value is -2.39. The van der Waals surface area contributed by atoms with E-state index in [2.05, 4.69) is 5.32 Å². The number of nitrogens with one attached hydrogen (secondary N) is 1. The number of hydrogen-bond donors (Lipinski definition) is 1. The van der Waals surface area contributed by atoms with Crippen molar-refractivity contribution in [1.29, 1.82) is 0 Å². The maximum absolute atomic E-state index is 12.6. The molecule has 2 aromatic carbocycles. The highest BCUT2D eigenvalue weighted by Gasteiger charge is 2.29. The molecule has 2 aromatic rings. The molecule has 0 aliphatic rings. The molecule has 0 heterocycles. The lowest BCUT2D eigenvalue weighted by Crippen LogP contribution is -2.30. The minimum Gasteiger partial charge on any atom is -0.352 e. The Morgan fingerprint density at radius 2 is 1.47 bits per heavy atom. The van der Waals surface area contributed by atoms with E-state index in [1.54, 1.807) is 26.0 Å². The molecule has 1 N–H and O–H groups in total. The molecule has 5 nitrogen and oxygen atoms in total. The normalized spacial score (nSPS) is 12.2. The summed E-state index contributed by atoms with van der Waals surface area (Å²) in [5, 5.41) is 2.67. The molecule has 1 amide bonds. The second kappa shape index (κ2) is 10.1. The van der Waals surface area contributed by atoms with Gasteiger partial charge in [-0.15, -0.1) is 0 Å². The van der Waals surface area contributed by atoms with Crippen LogP contribution in [0.25, 0.3) is 0 Å². The van der Waals surface area contributed by atoms with E-state index < -0.39 is 21.8 Å². The third-order valence-corrected chi connectivity index (χ3v) is 6.74. The van der Waals surface area contributed by atoms with Crippen molar-refractivity contribution >= 4 is 15.9 Å². The average Bonchev–Trinajstić information content (AvgIpc) is 2.71. The first-order valence-electron chi connectivity index (χ1n) is 9.59. The standard InChI is InChI=1S/C21H25F3N2O3S/c1-3-26(4-2)30(28,29)19-12-7-16(8-13-19)9-14-20(27)25-15-17-5-10-18(11-6-17)21(22,23)24/h5-8,10-13H,3-4,9,14-15H2,1-2H3,(H,25,27). The SMILES string of the molecule is CCN(CC)S(=O)(=O)c1ccc(CCC(=O)NCc2ccc(C(F)(F)F)cc2)cc1. The average molecular weight is 443 g/mol. The number of hydrogen-bond acceptors (Lipinski definition) is 3. The van der Waals surface area contributed by atoms with Gasteiger partial charge in [-0.05, 0) is 41.8 Å². The van der Waals surface area contributed by atoms with Gasteiger partial charge in [0.15, 0.2) is 0 Å². The van der Waals surface area contributed by atoms with E-state index in [1.807, 2.05) is 0 Å². The zero-order chi connectivity index (χ0) is 22.4. The summed E-state index contributed by atoms with van der Waals surface area (Å²) in [7, 11) is -3.52. The van der Waals surface area contributed by atoms with Gasteiger partial charge in [-0.25, -0.2) is 8.42 Å². The summed E-state index contributed by atoms with van der Waals surface area (Å²) in [6.07, 6.45) is -3.78. The molecule has 0 aromatic heterocycles. The number of amides is 1. The number of benzene rings is 2. The molecule has 0 saturated carbocycles. The molecule has 0 aliphatic carbocycles. The van der Waals surface area contributed by atoms with Crippen LogP contribution in [0.4, 0.5) is 13.2 Å². The lowest BCUT2D eigenvalue weighted by molar-refractivity contribution is -0.137. The van der Waals surface area contributed by atoms with Gasteiger partial charge in [0.05, 0.1) is 10.5 Å². The minimum absolute atomic E-state index is 0.137. The summed E-state index contributed by atoms with van der Waals surface area (Å²) < 4.78 is 64.0. The van der Waals surface area contributed by atoms with Crippen molar-refractivity contribution in [2.24, 2.45) is 0 Å². The molecule has 0 bridgehead atoms. The second-order valence-electron chi connectivity index (χ2n) is 6.70. The maximum atomic E-state index is 12.6. The summed E-state index contributed by atoms with van der Waals surface area (Å²) in [6, 6.07) is 11.0. The van der Waals surface area contributed by atoms with E-state index in [4.69, 9.17) is 0 Å². The lowest BCUT2D eigenvalue weighted by atomic mass is 10.1. The van der Waals surface area contributed by atoms with Crippen LogP contribution >= 0.6 is 0 Å². The van der Waals surface area contributed by atoms with Crippen LogP contribution in [0.15, 0.2) is 53.4 Å². The highest BCUT2D eigenvalue weighted by Crippen LogP contribution is 2.29. The largest absolute Gasteiger partial charge is 0.416 e. The third-order valence-electron chi connectivity index (χ3n) is 4.68. The van der Waals surface area contributed by atoms with Crippen LogP contribution in [-0.4, -0.2) is 31.7 Å². The zero-order valence-electron chi connectivity index (χ0n) is 16.9. The quantitative estimate of drug-likeness (QED) is 0.639. The van der Waals surface area contributed by atoms with E-state index in [-0.39, 0.29) is 23.8 Å². The molecule has 0 radical (unpaired) electrons. The summed E-state index contributed by atoms with van der Waals surface area (Å²) in [4.78, 5) is 12.2. The molecule has 9 heteroatoms. The Labute approximate surface area is 175 Å². The van der Waals surface area contributed by atoms with Crippen molar-refractivity contribution < 1.29 is 26.4 Å². The highest BCUT2D eigenvalue weighted by atomic mass is 32.2. The van der Waals surface area contributed by atoms with Gasteiger partial charge in [-0.1, -0.05) is 38.1 Å². The fourth-order valence-corrected chi connectivity index (χ4v) is 4.36. The summed E-state index contributed by atoms with van der Waals surface area (Å²) in [6.45, 7) is 4.47. The van der Waals surface area contributed by atoms with Crippen molar-refractivity contribution in [2.45, 2.75) is 44.3 Å². The van der Waals surface area contributed by atoms with Crippen LogP contribution < -0.4 is 5.32 Å². The Morgan fingerprint density at radius 1 is 0.933 bits per heavy atom. The monoisotopic (exact) mass is 442 g/mol. The summed E-state index contributed by atoms with van der Waals surface area (Å²) >= 11 is 0. The number of sulfonamides is 1. The zero-order valence-corrected chi connectivity index (χ0v) is 17.7. The first kappa shape index (κ1) is 23.9. The first-order valence-corrected chi connectivity index (χ1v) is 11.0. The van der Waals surface area contributed by atoms with Gasteiger partial charge in [0, 0.05) is 26.1 Å². The van der Waals surface area contributed by atoms with Gasteiger partial charge in [-0.3, -0.25) is 4.79 Å². The molecule has 0 atom stereocenters. The number of halogens is 3. The van der Waals surface area contributed by atoms with Crippen LogP contribution in [0.3, 0.4) is 0 Å². The number of rotatable bonds is 9. The topological polar surface area (TPSA) is 66.5 Å². The maximum Gasteiger partial charge on any atom is 0.416 e. The predicted octanol–water partition coefficient (Wildman–Crippen LogP) is 3.98. The molecular formula is C21H25F3N2O3S. The van der Waals surface area contributed by atoms with E-state index >= 15 is 0 Å². The minimum atomic E-state index is -4.39. The van der Waals surface area contributed by atoms with Crippen molar-refractivity contribution in [3.8, 4) is 0 Å². The fourth-order valence-electron chi connectivity index (χ4n) is 2.90. The fraction of sp³-hybridized carbons (Fsp3) is 0.381. The van der Waals surface area contributed by atoms with Crippen molar-refractivity contribution in [3.63, 3.8) is 0 Å². The smallest absolute Gasteiger partial charge is 0.352 e. The molecule has 164 valence electrons. The highest BCUT2D eigenvalue weighted by molar-refractivity contribution is 7.89. The number of nitrogens with zero attached hydrogens (tertiary/aromatic N) is 1. The predicted molar refractivity (Wildman–Crippen MR) is 108 cm³/mol. The van der Waals surface area contributed by atoms with Crippen LogP contribution in [0.1, 0.15) is 37.0 Å². The Kier molecular flexibility index (Phi) is 8.03. The van der Waals surface area contributed by atoms with Gasteiger partial charge >= 0.3 is 6.18 Å². The van der Waals surface area contributed by atoms with E-state index in [9.17, 15) is 26.4 Å². The summed E-state index contributed by atoms with van der Waals surface area (Å²) in [5.74, 6) is -0.241. The molecule has 0 spiro atoms. The first-order chi connectivity index (χ1) is 14.1. The molecular weight excluding hydrogens is 417 g/mol. The van der Waals surface area contributed by atoms with E-state index in [0.29, 0.717) is 25.1 Å². The summed E-state index contributed by atoms with van der Waals surface area (Å²) in [5.41, 5.74) is 0.657. The Bertz CT molecular complexity index is 937. The van der Waals surface area contributed by atoms with Crippen LogP contribution in [0, 0.1) is 0 Å². The molecule has 2 rings (SSSR count). The van der Waals surface area contributed by atoms with E-state index in [1.165, 1.54) is 28.6 Å². The van der Waals surface area contributed by atoms with Crippen molar-refractivity contribution in [1.82, 2.24) is 9.62 Å². The van der Waals surface area contributed by atoms with Crippen LogP contribution in [0.2, 0.25) is 0 Å². The van der Waals surface area contributed by atoms with Gasteiger partial charge in [0.2, 0.25) is 15.9 Å². The van der Waals surface area contributed by atoms with Crippen molar-refractivity contribution in [3.05, 3.63) is 65.2 Å². The van der Waals surface area contributed by atoms with E-state index in [0.717, 1.165) is 17.7 Å². The van der Waals surface area contributed by atoms with Gasteiger partial charge in [-0.2, -0.15) is 17.5 Å². The van der Waals surface area contributed by atoms with Gasteiger partial charge in [0.1, 0.15) is 0 Å². The van der Waals surface area contributed by atoms with Crippen LogP contribution in [0.5, 0.6) is 0 Å². The van der Waals surface area contributed by atoms with Crippen LogP contribution in [-0.2, 0) is 34.0 Å². The number of carbonyl (C=O) groups is 1. The molecule has 0 fully saturated rings. The Balaban J connectivity index is 1.86. The molecule has 0 unspecified atom stereocenters. The number of alkyl halides is 3. The van der Waals surface area contributed by atoms with Crippen molar-refractivity contribution in [2.75, 3.05) is 13.1 Å². The molecule has 0 saturated heterocycles. The second-order valence-corrected chi connectivity index (χ2v) is 8.64. The van der Waals surface area contributed by atoms with Gasteiger partial charge < -0.3 is 5.32 Å². The lowest BCUT2D eigenvalue weighted by Gasteiger charge is -2.18. The Morgan fingerprint density at radius 3 is 1.97 bits per heavy atom.